The van der Waals surface area contributed by atoms with Crippen LogP contribution in [0, 0.1) is 0 Å². The molecule has 17 heavy (non-hydrogen) atoms. The number of nitrogens with two attached hydrogens (primary N) is 1. The summed E-state index contributed by atoms with van der Waals surface area (Å²) in [5, 5.41) is 2.17. The Morgan fingerprint density at radius 3 is 2.76 bits per heavy atom. The first-order valence-corrected chi connectivity index (χ1v) is 5.50. The van der Waals surface area contributed by atoms with Gasteiger partial charge in [0.15, 0.2) is 0 Å². The third-order valence-electron chi connectivity index (χ3n) is 2.56. The van der Waals surface area contributed by atoms with Crippen molar-refractivity contribution in [2.24, 2.45) is 5.73 Å². The number of alkyl halides is 2. The lowest BCUT2D eigenvalue weighted by molar-refractivity contribution is -0.123. The van der Waals surface area contributed by atoms with Crippen molar-refractivity contribution < 1.29 is 18.3 Å². The van der Waals surface area contributed by atoms with Crippen LogP contribution in [0.4, 0.5) is 8.78 Å². The van der Waals surface area contributed by atoms with E-state index in [9.17, 15) is 13.6 Å². The van der Waals surface area contributed by atoms with Crippen LogP contribution in [0.5, 0.6) is 0 Å². The molecule has 3 N–H and O–H groups in total. The van der Waals surface area contributed by atoms with Gasteiger partial charge < -0.3 is 15.8 Å². The molecule has 1 saturated heterocycles. The second kappa shape index (κ2) is 7.79. The van der Waals surface area contributed by atoms with Gasteiger partial charge in [0.05, 0.1) is 19.2 Å². The molecular formula is C10H19ClF2N2O2. The molecule has 0 spiro atoms. The van der Waals surface area contributed by atoms with Gasteiger partial charge in [-0.05, 0) is 19.3 Å². The standard InChI is InChI=1S/C10H18F2N2O2.ClH/c11-10(12,6-13)7-14-9(15)4-3-8-2-1-5-16-8;/h8H,1-7,13H2,(H,14,15);1H. The molecule has 1 aliphatic rings. The molecule has 1 heterocycles. The lowest BCUT2D eigenvalue weighted by Gasteiger charge is -2.15. The van der Waals surface area contributed by atoms with E-state index in [1.807, 2.05) is 0 Å². The summed E-state index contributed by atoms with van der Waals surface area (Å²) in [5.41, 5.74) is 4.84. The summed E-state index contributed by atoms with van der Waals surface area (Å²) in [6.45, 7) is -0.704. The average molecular weight is 273 g/mol. The van der Waals surface area contributed by atoms with E-state index in [1.165, 1.54) is 0 Å². The van der Waals surface area contributed by atoms with E-state index in [0.717, 1.165) is 19.4 Å². The van der Waals surface area contributed by atoms with Crippen LogP contribution in [0.3, 0.4) is 0 Å². The number of amides is 1. The van der Waals surface area contributed by atoms with Crippen LogP contribution in [0.15, 0.2) is 0 Å². The Morgan fingerprint density at radius 2 is 2.24 bits per heavy atom. The maximum Gasteiger partial charge on any atom is 0.277 e. The quantitative estimate of drug-likeness (QED) is 0.760. The Kier molecular flexibility index (Phi) is 7.58. The highest BCUT2D eigenvalue weighted by Crippen LogP contribution is 2.16. The van der Waals surface area contributed by atoms with Gasteiger partial charge in [0.25, 0.3) is 5.92 Å². The number of carbonyl (C=O) groups excluding carboxylic acids is 1. The van der Waals surface area contributed by atoms with Crippen molar-refractivity contribution in [3.63, 3.8) is 0 Å². The smallest absolute Gasteiger partial charge is 0.277 e. The number of rotatable bonds is 6. The average Bonchev–Trinajstić information content (AvgIpc) is 2.76. The second-order valence-corrected chi connectivity index (χ2v) is 4.01. The first kappa shape index (κ1) is 16.5. The first-order chi connectivity index (χ1) is 7.53. The molecule has 0 aromatic carbocycles. The van der Waals surface area contributed by atoms with Gasteiger partial charge in [0.1, 0.15) is 0 Å². The molecule has 1 unspecified atom stereocenters. The van der Waals surface area contributed by atoms with Crippen LogP contribution in [0.2, 0.25) is 0 Å². The summed E-state index contributed by atoms with van der Waals surface area (Å²) in [7, 11) is 0. The summed E-state index contributed by atoms with van der Waals surface area (Å²) in [4.78, 5) is 11.2. The van der Waals surface area contributed by atoms with Crippen LogP contribution in [-0.2, 0) is 9.53 Å². The molecule has 1 atom stereocenters. The van der Waals surface area contributed by atoms with Crippen molar-refractivity contribution in [1.82, 2.24) is 5.32 Å². The molecule has 0 aromatic heterocycles. The predicted octanol–water partition coefficient (Wildman–Crippen LogP) is 1.08. The Hall–Kier alpha value is -0.460. The van der Waals surface area contributed by atoms with Gasteiger partial charge in [0.2, 0.25) is 5.91 Å². The van der Waals surface area contributed by atoms with Crippen molar-refractivity contribution in [3.05, 3.63) is 0 Å². The van der Waals surface area contributed by atoms with E-state index >= 15 is 0 Å². The summed E-state index contributed by atoms with van der Waals surface area (Å²) in [6.07, 6.45) is 2.90. The van der Waals surface area contributed by atoms with E-state index < -0.39 is 19.0 Å². The number of hydrogen-bond donors (Lipinski definition) is 2. The maximum atomic E-state index is 12.7. The lowest BCUT2D eigenvalue weighted by Crippen LogP contribution is -2.41. The van der Waals surface area contributed by atoms with Gasteiger partial charge in [0, 0.05) is 13.0 Å². The molecule has 0 radical (unpaired) electrons. The fraction of sp³-hybridized carbons (Fsp3) is 0.900. The van der Waals surface area contributed by atoms with E-state index in [-0.39, 0.29) is 30.8 Å². The van der Waals surface area contributed by atoms with Crippen LogP contribution in [0.1, 0.15) is 25.7 Å². The molecule has 1 amide bonds. The van der Waals surface area contributed by atoms with Crippen LogP contribution in [-0.4, -0.2) is 37.6 Å². The summed E-state index contributed by atoms with van der Waals surface area (Å²) in [6, 6.07) is 0. The Balaban J connectivity index is 0.00000256. The van der Waals surface area contributed by atoms with E-state index in [2.05, 4.69) is 5.32 Å². The van der Waals surface area contributed by atoms with Crippen molar-refractivity contribution >= 4 is 18.3 Å². The lowest BCUT2D eigenvalue weighted by atomic mass is 10.1. The van der Waals surface area contributed by atoms with Gasteiger partial charge in [-0.15, -0.1) is 12.4 Å². The molecule has 7 heteroatoms. The zero-order valence-electron chi connectivity index (χ0n) is 9.59. The third kappa shape index (κ3) is 6.75. The molecule has 0 aliphatic carbocycles. The number of carbonyl (C=O) groups is 1. The highest BCUT2D eigenvalue weighted by Gasteiger charge is 2.27. The zero-order valence-corrected chi connectivity index (χ0v) is 10.4. The zero-order chi connectivity index (χ0) is 12.0. The highest BCUT2D eigenvalue weighted by atomic mass is 35.5. The summed E-state index contributed by atoms with van der Waals surface area (Å²) >= 11 is 0. The van der Waals surface area contributed by atoms with Gasteiger partial charge in [-0.25, -0.2) is 8.78 Å². The molecule has 0 saturated carbocycles. The normalized spacial score (nSPS) is 19.8. The fourth-order valence-corrected chi connectivity index (χ4v) is 1.55. The number of ether oxygens (including phenoxy) is 1. The van der Waals surface area contributed by atoms with Gasteiger partial charge in [-0.2, -0.15) is 0 Å². The largest absolute Gasteiger partial charge is 0.378 e. The number of halogens is 3. The van der Waals surface area contributed by atoms with Gasteiger partial charge in [-0.3, -0.25) is 4.79 Å². The fourth-order valence-electron chi connectivity index (χ4n) is 1.55. The van der Waals surface area contributed by atoms with E-state index in [1.54, 1.807) is 0 Å². The van der Waals surface area contributed by atoms with Gasteiger partial charge >= 0.3 is 0 Å². The van der Waals surface area contributed by atoms with Crippen LogP contribution in [0.25, 0.3) is 0 Å². The summed E-state index contributed by atoms with van der Waals surface area (Å²) < 4.78 is 30.7. The molecule has 0 aromatic rings. The Bertz CT molecular complexity index is 236. The topological polar surface area (TPSA) is 64.3 Å². The second-order valence-electron chi connectivity index (χ2n) is 4.01. The third-order valence-corrected chi connectivity index (χ3v) is 2.56. The molecular weight excluding hydrogens is 254 g/mol. The van der Waals surface area contributed by atoms with Crippen molar-refractivity contribution in [1.29, 1.82) is 0 Å². The van der Waals surface area contributed by atoms with Crippen molar-refractivity contribution in [2.45, 2.75) is 37.7 Å². The minimum Gasteiger partial charge on any atom is -0.378 e. The molecule has 102 valence electrons. The number of nitrogens with one attached hydrogen (secondary N) is 1. The highest BCUT2D eigenvalue weighted by molar-refractivity contribution is 5.85. The van der Waals surface area contributed by atoms with Gasteiger partial charge in [-0.1, -0.05) is 0 Å². The maximum absolute atomic E-state index is 12.7. The van der Waals surface area contributed by atoms with E-state index in [0.29, 0.717) is 6.42 Å². The Morgan fingerprint density at radius 1 is 1.53 bits per heavy atom. The molecule has 4 nitrogen and oxygen atoms in total. The molecule has 1 fully saturated rings. The van der Waals surface area contributed by atoms with Crippen molar-refractivity contribution in [3.8, 4) is 0 Å². The van der Waals surface area contributed by atoms with Crippen LogP contribution < -0.4 is 11.1 Å². The van der Waals surface area contributed by atoms with Crippen molar-refractivity contribution in [2.75, 3.05) is 19.7 Å². The summed E-state index contributed by atoms with van der Waals surface area (Å²) in [5.74, 6) is -3.39. The molecule has 1 rings (SSSR count). The molecule has 0 bridgehead atoms. The molecule has 1 aliphatic heterocycles. The Labute approximate surface area is 106 Å². The minimum absolute atomic E-state index is 0. The monoisotopic (exact) mass is 272 g/mol. The SMILES string of the molecule is Cl.NCC(F)(F)CNC(=O)CCC1CCCO1. The minimum atomic E-state index is -3.01. The van der Waals surface area contributed by atoms with Crippen LogP contribution >= 0.6 is 12.4 Å². The first-order valence-electron chi connectivity index (χ1n) is 5.50. The predicted molar refractivity (Wildman–Crippen MR) is 62.5 cm³/mol. The van der Waals surface area contributed by atoms with E-state index in [4.69, 9.17) is 10.5 Å². The number of hydrogen-bond acceptors (Lipinski definition) is 3.